The number of likely N-dealkylation sites (N-methyl/N-ethyl adjacent to an activating group) is 1. The molecule has 0 bridgehead atoms. The molecule has 0 saturated carbocycles. The first-order valence-corrected chi connectivity index (χ1v) is 24.5. The molecular formula is C50H85NO8P+. The standard InChI is InChI=1S/C50H84NO8P/c1-6-8-10-12-14-16-18-20-22-24-25-27-28-30-32-34-36-38-40-42-49(52)56-46-48(47-58-60(54,55)57-45-44-51(3,4)5)59-50(53)43-41-39-37-35-33-31-29-26-23-21-19-17-15-13-11-9-7-2/h8,10,14-17,20-23,25,27,29-32,48H,6-7,9,11-13,18-19,24,26,28,33-47H2,1-5H3/p+1/b10-8-,16-14-,17-15-,22-20-,23-21-,27-25-,31-29-,32-30-/t48-/m1/s1. The van der Waals surface area contributed by atoms with Gasteiger partial charge in [-0.05, 0) is 96.3 Å². The van der Waals surface area contributed by atoms with Crippen molar-refractivity contribution in [3.05, 3.63) is 97.2 Å². The van der Waals surface area contributed by atoms with Gasteiger partial charge in [0.05, 0.1) is 27.7 Å². The molecule has 0 aromatic carbocycles. The smallest absolute Gasteiger partial charge is 0.462 e. The van der Waals surface area contributed by atoms with Crippen molar-refractivity contribution >= 4 is 19.8 Å². The quantitative estimate of drug-likeness (QED) is 0.0213. The molecule has 0 aromatic heterocycles. The van der Waals surface area contributed by atoms with Gasteiger partial charge in [-0.1, -0.05) is 143 Å². The maximum absolute atomic E-state index is 12.7. The average Bonchev–Trinajstić information content (AvgIpc) is 3.20. The van der Waals surface area contributed by atoms with Crippen LogP contribution in [-0.2, 0) is 32.7 Å². The van der Waals surface area contributed by atoms with Gasteiger partial charge in [-0.15, -0.1) is 0 Å². The van der Waals surface area contributed by atoms with E-state index in [4.69, 9.17) is 18.5 Å². The molecule has 0 heterocycles. The highest BCUT2D eigenvalue weighted by Gasteiger charge is 2.27. The predicted molar refractivity (Wildman–Crippen MR) is 252 cm³/mol. The first kappa shape index (κ1) is 56.9. The maximum Gasteiger partial charge on any atom is 0.472 e. The number of hydrogen-bond donors (Lipinski definition) is 1. The van der Waals surface area contributed by atoms with E-state index >= 15 is 0 Å². The van der Waals surface area contributed by atoms with E-state index in [1.165, 1.54) is 25.7 Å². The van der Waals surface area contributed by atoms with Crippen LogP contribution in [0.5, 0.6) is 0 Å². The van der Waals surface area contributed by atoms with Gasteiger partial charge in [0.1, 0.15) is 19.8 Å². The van der Waals surface area contributed by atoms with Crippen molar-refractivity contribution in [3.8, 4) is 0 Å². The van der Waals surface area contributed by atoms with Gasteiger partial charge < -0.3 is 18.9 Å². The molecule has 0 aliphatic heterocycles. The van der Waals surface area contributed by atoms with Crippen molar-refractivity contribution in [1.29, 1.82) is 0 Å². The Morgan fingerprint density at radius 1 is 0.533 bits per heavy atom. The Bertz CT molecular complexity index is 1340. The van der Waals surface area contributed by atoms with Crippen LogP contribution in [0.15, 0.2) is 97.2 Å². The van der Waals surface area contributed by atoms with E-state index in [0.29, 0.717) is 23.9 Å². The van der Waals surface area contributed by atoms with Crippen LogP contribution >= 0.6 is 7.82 Å². The molecule has 0 aliphatic carbocycles. The SMILES string of the molecule is CC/C=C\C/C=C\C/C=C\C/C=C\C/C=C\CCCCCC(=O)OC[C@H](COP(=O)(O)OCC[N+](C)(C)C)OC(=O)CCCCCC/C=C\C/C=C\C/C=C\CCCCC. The summed E-state index contributed by atoms with van der Waals surface area (Å²) in [5.74, 6) is -0.872. The lowest BCUT2D eigenvalue weighted by Gasteiger charge is -2.24. The largest absolute Gasteiger partial charge is 0.472 e. The second-order valence-electron chi connectivity index (χ2n) is 16.0. The fraction of sp³-hybridized carbons (Fsp3) is 0.640. The van der Waals surface area contributed by atoms with E-state index in [2.05, 4.69) is 111 Å². The van der Waals surface area contributed by atoms with Crippen LogP contribution in [-0.4, -0.2) is 74.9 Å². The fourth-order valence-corrected chi connectivity index (χ4v) is 6.26. The number of unbranched alkanes of at least 4 members (excludes halogenated alkanes) is 10. The third kappa shape index (κ3) is 44.5. The predicted octanol–water partition coefficient (Wildman–Crippen LogP) is 13.4. The molecule has 0 aromatic rings. The molecule has 1 N–H and O–H groups in total. The summed E-state index contributed by atoms with van der Waals surface area (Å²) in [7, 11) is 1.42. The molecule has 0 spiro atoms. The van der Waals surface area contributed by atoms with E-state index in [1.54, 1.807) is 0 Å². The van der Waals surface area contributed by atoms with E-state index < -0.39 is 32.5 Å². The van der Waals surface area contributed by atoms with Crippen LogP contribution in [0.2, 0.25) is 0 Å². The Morgan fingerprint density at radius 2 is 0.950 bits per heavy atom. The van der Waals surface area contributed by atoms with Crippen LogP contribution in [0.3, 0.4) is 0 Å². The van der Waals surface area contributed by atoms with Crippen molar-refractivity contribution in [2.24, 2.45) is 0 Å². The van der Waals surface area contributed by atoms with E-state index in [1.807, 2.05) is 21.1 Å². The number of quaternary nitrogens is 1. The fourth-order valence-electron chi connectivity index (χ4n) is 5.52. The summed E-state index contributed by atoms with van der Waals surface area (Å²) >= 11 is 0. The number of nitrogens with zero attached hydrogens (tertiary/aromatic N) is 1. The van der Waals surface area contributed by atoms with Crippen molar-refractivity contribution in [1.82, 2.24) is 0 Å². The summed E-state index contributed by atoms with van der Waals surface area (Å²) in [6.07, 6.45) is 54.5. The summed E-state index contributed by atoms with van der Waals surface area (Å²) < 4.78 is 34.3. The van der Waals surface area contributed by atoms with Gasteiger partial charge in [-0.3, -0.25) is 18.6 Å². The van der Waals surface area contributed by atoms with Crippen LogP contribution < -0.4 is 0 Å². The first-order valence-electron chi connectivity index (χ1n) is 23.0. The van der Waals surface area contributed by atoms with Crippen molar-refractivity contribution in [2.75, 3.05) is 47.5 Å². The number of carbonyl (C=O) groups is 2. The van der Waals surface area contributed by atoms with Crippen molar-refractivity contribution < 1.29 is 42.1 Å². The average molecular weight is 859 g/mol. The molecule has 0 fully saturated rings. The Hall–Kier alpha value is -3.07. The molecule has 342 valence electrons. The van der Waals surface area contributed by atoms with E-state index in [0.717, 1.165) is 89.9 Å². The van der Waals surface area contributed by atoms with Gasteiger partial charge >= 0.3 is 19.8 Å². The minimum Gasteiger partial charge on any atom is -0.462 e. The van der Waals surface area contributed by atoms with E-state index in [9.17, 15) is 19.0 Å². The molecule has 0 radical (unpaired) electrons. The van der Waals surface area contributed by atoms with Crippen LogP contribution in [0, 0.1) is 0 Å². The van der Waals surface area contributed by atoms with Crippen molar-refractivity contribution in [2.45, 2.75) is 161 Å². The van der Waals surface area contributed by atoms with Crippen LogP contribution in [0.25, 0.3) is 0 Å². The van der Waals surface area contributed by atoms with Crippen molar-refractivity contribution in [3.63, 3.8) is 0 Å². The van der Waals surface area contributed by atoms with Gasteiger partial charge in [-0.2, -0.15) is 0 Å². The third-order valence-electron chi connectivity index (χ3n) is 9.10. The molecule has 0 saturated heterocycles. The highest BCUT2D eigenvalue weighted by molar-refractivity contribution is 7.47. The summed E-state index contributed by atoms with van der Waals surface area (Å²) in [6.45, 7) is 4.19. The highest BCUT2D eigenvalue weighted by atomic mass is 31.2. The number of carbonyl (C=O) groups excluding carboxylic acids is 2. The lowest BCUT2D eigenvalue weighted by molar-refractivity contribution is -0.870. The minimum absolute atomic E-state index is 0.0156. The normalized spacial score (nSPS) is 14.4. The first-order chi connectivity index (χ1) is 29.0. The lowest BCUT2D eigenvalue weighted by Crippen LogP contribution is -2.37. The number of phosphoric acid groups is 1. The number of hydrogen-bond acceptors (Lipinski definition) is 7. The molecule has 0 rings (SSSR count). The third-order valence-corrected chi connectivity index (χ3v) is 10.1. The number of esters is 2. The number of rotatable bonds is 40. The molecule has 0 aliphatic rings. The highest BCUT2D eigenvalue weighted by Crippen LogP contribution is 2.43. The lowest BCUT2D eigenvalue weighted by atomic mass is 10.1. The van der Waals surface area contributed by atoms with Crippen LogP contribution in [0.4, 0.5) is 0 Å². The second kappa shape index (κ2) is 41.3. The molecule has 1 unspecified atom stereocenters. The molecule has 10 heteroatoms. The topological polar surface area (TPSA) is 108 Å². The van der Waals surface area contributed by atoms with Gasteiger partial charge in [0.25, 0.3) is 0 Å². The Kier molecular flexibility index (Phi) is 39.2. The maximum atomic E-state index is 12.7. The minimum atomic E-state index is -4.40. The summed E-state index contributed by atoms with van der Waals surface area (Å²) in [5, 5.41) is 0. The Morgan fingerprint density at radius 3 is 1.42 bits per heavy atom. The van der Waals surface area contributed by atoms with Gasteiger partial charge in [0, 0.05) is 12.8 Å². The Labute approximate surface area is 366 Å². The molecule has 60 heavy (non-hydrogen) atoms. The Balaban J connectivity index is 4.47. The number of allylic oxidation sites excluding steroid dienone is 16. The summed E-state index contributed by atoms with van der Waals surface area (Å²) in [5.41, 5.74) is 0. The van der Waals surface area contributed by atoms with Crippen LogP contribution in [0.1, 0.15) is 155 Å². The van der Waals surface area contributed by atoms with Gasteiger partial charge in [0.2, 0.25) is 0 Å². The van der Waals surface area contributed by atoms with Gasteiger partial charge in [-0.25, -0.2) is 4.57 Å². The second-order valence-corrected chi connectivity index (χ2v) is 17.5. The number of phosphoric ester groups is 1. The molecule has 2 atom stereocenters. The summed E-state index contributed by atoms with van der Waals surface area (Å²) in [4.78, 5) is 35.4. The zero-order valence-electron chi connectivity index (χ0n) is 38.4. The zero-order chi connectivity index (χ0) is 44.3. The zero-order valence-corrected chi connectivity index (χ0v) is 39.3. The summed E-state index contributed by atoms with van der Waals surface area (Å²) in [6, 6.07) is 0. The number of ether oxygens (including phenoxy) is 2. The van der Waals surface area contributed by atoms with E-state index in [-0.39, 0.29) is 26.1 Å². The molecular weight excluding hydrogens is 774 g/mol. The van der Waals surface area contributed by atoms with Gasteiger partial charge in [0.15, 0.2) is 6.10 Å². The monoisotopic (exact) mass is 859 g/mol. The molecule has 0 amide bonds. The molecule has 9 nitrogen and oxygen atoms in total.